The average Bonchev–Trinajstić information content (AvgIpc) is 3.14. The molecule has 1 N–H and O–H groups in total. The van der Waals surface area contributed by atoms with Gasteiger partial charge < -0.3 is 5.32 Å². The number of thiophene rings is 1. The third-order valence-corrected chi connectivity index (χ3v) is 5.79. The van der Waals surface area contributed by atoms with Crippen LogP contribution in [0.2, 0.25) is 0 Å². The van der Waals surface area contributed by atoms with E-state index in [1.807, 2.05) is 12.1 Å². The lowest BCUT2D eigenvalue weighted by Crippen LogP contribution is -2.21. The maximum absolute atomic E-state index is 4.39. The van der Waals surface area contributed by atoms with Crippen molar-refractivity contribution < 1.29 is 0 Å². The van der Waals surface area contributed by atoms with E-state index < -0.39 is 0 Å². The monoisotopic (exact) mass is 379 g/mol. The van der Waals surface area contributed by atoms with Gasteiger partial charge in [-0.15, -0.1) is 21.5 Å². The first-order valence-corrected chi connectivity index (χ1v) is 9.08. The predicted octanol–water partition coefficient (Wildman–Crippen LogP) is 4.73. The van der Waals surface area contributed by atoms with Gasteiger partial charge in [0, 0.05) is 0 Å². The minimum Gasteiger partial charge on any atom is -0.304 e. The molecule has 0 radical (unpaired) electrons. The highest BCUT2D eigenvalue weighted by molar-refractivity contribution is 9.11. The number of benzene rings is 1. The number of nitrogens with zero attached hydrogens (tertiary/aromatic N) is 2. The lowest BCUT2D eigenvalue weighted by molar-refractivity contribution is 0.621. The average molecular weight is 380 g/mol. The molecule has 21 heavy (non-hydrogen) atoms. The number of aromatic nitrogens is 2. The van der Waals surface area contributed by atoms with Crippen molar-refractivity contribution in [3.63, 3.8) is 0 Å². The van der Waals surface area contributed by atoms with Gasteiger partial charge in [-0.2, -0.15) is 0 Å². The van der Waals surface area contributed by atoms with Crippen LogP contribution in [-0.4, -0.2) is 16.7 Å². The van der Waals surface area contributed by atoms with Crippen molar-refractivity contribution in [2.45, 2.75) is 13.0 Å². The zero-order valence-corrected chi connectivity index (χ0v) is 14.6. The SMILES string of the molecule is CCNC(c1ccccc1)c1nnc(-c2ccc(Br)s2)s1. The van der Waals surface area contributed by atoms with E-state index >= 15 is 0 Å². The molecular formula is C15H14BrN3S2. The summed E-state index contributed by atoms with van der Waals surface area (Å²) in [5, 5.41) is 14.2. The highest BCUT2D eigenvalue weighted by Gasteiger charge is 2.18. The van der Waals surface area contributed by atoms with Crippen LogP contribution in [0.25, 0.3) is 9.88 Å². The Balaban J connectivity index is 1.92. The highest BCUT2D eigenvalue weighted by Crippen LogP contribution is 2.35. The normalized spacial score (nSPS) is 12.5. The van der Waals surface area contributed by atoms with Crippen LogP contribution in [-0.2, 0) is 0 Å². The molecule has 0 fully saturated rings. The summed E-state index contributed by atoms with van der Waals surface area (Å²) in [6.07, 6.45) is 0. The topological polar surface area (TPSA) is 37.8 Å². The molecule has 3 aromatic rings. The third-order valence-electron chi connectivity index (χ3n) is 3.01. The van der Waals surface area contributed by atoms with Gasteiger partial charge in [0.05, 0.1) is 14.7 Å². The van der Waals surface area contributed by atoms with Gasteiger partial charge in [-0.3, -0.25) is 0 Å². The van der Waals surface area contributed by atoms with Crippen molar-refractivity contribution in [2.24, 2.45) is 0 Å². The summed E-state index contributed by atoms with van der Waals surface area (Å²) in [4.78, 5) is 1.15. The highest BCUT2D eigenvalue weighted by atomic mass is 79.9. The summed E-state index contributed by atoms with van der Waals surface area (Å²) in [6.45, 7) is 2.99. The van der Waals surface area contributed by atoms with Crippen molar-refractivity contribution in [1.82, 2.24) is 15.5 Å². The van der Waals surface area contributed by atoms with Gasteiger partial charge in [0.2, 0.25) is 0 Å². The Kier molecular flexibility index (Phi) is 4.80. The smallest absolute Gasteiger partial charge is 0.157 e. The summed E-state index contributed by atoms with van der Waals surface area (Å²) in [5.41, 5.74) is 1.22. The number of nitrogens with one attached hydrogen (secondary N) is 1. The van der Waals surface area contributed by atoms with Crippen molar-refractivity contribution in [3.05, 3.63) is 56.8 Å². The lowest BCUT2D eigenvalue weighted by Gasteiger charge is -2.14. The molecule has 0 spiro atoms. The molecule has 0 aliphatic heterocycles. The molecule has 0 bridgehead atoms. The van der Waals surface area contributed by atoms with Crippen LogP contribution in [0.1, 0.15) is 23.5 Å². The van der Waals surface area contributed by atoms with E-state index in [9.17, 15) is 0 Å². The van der Waals surface area contributed by atoms with Crippen molar-refractivity contribution in [2.75, 3.05) is 6.54 Å². The minimum absolute atomic E-state index is 0.103. The summed E-state index contributed by atoms with van der Waals surface area (Å²) in [7, 11) is 0. The van der Waals surface area contributed by atoms with Gasteiger partial charge >= 0.3 is 0 Å². The standard InChI is InChI=1S/C15H14BrN3S2/c1-2-17-13(10-6-4-3-5-7-10)15-19-18-14(21-15)11-8-9-12(16)20-11/h3-9,13,17H,2H2,1H3. The number of hydrogen-bond donors (Lipinski definition) is 1. The second-order valence-corrected chi connectivity index (χ2v) is 7.92. The van der Waals surface area contributed by atoms with Crippen LogP contribution in [0.15, 0.2) is 46.3 Å². The molecule has 0 aliphatic carbocycles. The zero-order chi connectivity index (χ0) is 14.7. The van der Waals surface area contributed by atoms with E-state index in [1.165, 1.54) is 5.56 Å². The Bertz CT molecular complexity index is 709. The van der Waals surface area contributed by atoms with E-state index in [-0.39, 0.29) is 6.04 Å². The second kappa shape index (κ2) is 6.79. The molecule has 1 unspecified atom stereocenters. The molecule has 2 aromatic heterocycles. The van der Waals surface area contributed by atoms with Gasteiger partial charge in [0.1, 0.15) is 5.01 Å². The van der Waals surface area contributed by atoms with E-state index in [0.717, 1.165) is 25.2 Å². The first kappa shape index (κ1) is 14.8. The summed E-state index contributed by atoms with van der Waals surface area (Å²) >= 11 is 6.82. The van der Waals surface area contributed by atoms with Gasteiger partial charge in [0.15, 0.2) is 5.01 Å². The first-order valence-electron chi connectivity index (χ1n) is 6.65. The van der Waals surface area contributed by atoms with Crippen molar-refractivity contribution >= 4 is 38.6 Å². The molecule has 3 rings (SSSR count). The summed E-state index contributed by atoms with van der Waals surface area (Å²) in [5.74, 6) is 0. The Morgan fingerprint density at radius 1 is 1.10 bits per heavy atom. The van der Waals surface area contributed by atoms with Crippen LogP contribution < -0.4 is 5.32 Å². The fourth-order valence-electron chi connectivity index (χ4n) is 2.08. The number of rotatable bonds is 5. The van der Waals surface area contributed by atoms with Gasteiger partial charge in [-0.1, -0.05) is 48.6 Å². The fraction of sp³-hybridized carbons (Fsp3) is 0.200. The molecule has 0 aliphatic rings. The van der Waals surface area contributed by atoms with E-state index in [1.54, 1.807) is 22.7 Å². The summed E-state index contributed by atoms with van der Waals surface area (Å²) < 4.78 is 1.11. The zero-order valence-electron chi connectivity index (χ0n) is 11.4. The molecule has 6 heteroatoms. The molecule has 3 nitrogen and oxygen atoms in total. The van der Waals surface area contributed by atoms with E-state index in [0.29, 0.717) is 0 Å². The Hall–Kier alpha value is -1.08. The van der Waals surface area contributed by atoms with E-state index in [4.69, 9.17) is 0 Å². The van der Waals surface area contributed by atoms with Crippen LogP contribution in [0.3, 0.4) is 0 Å². The largest absolute Gasteiger partial charge is 0.304 e. The molecule has 1 aromatic carbocycles. The molecule has 108 valence electrons. The minimum atomic E-state index is 0.103. The predicted molar refractivity (Wildman–Crippen MR) is 92.9 cm³/mol. The second-order valence-electron chi connectivity index (χ2n) is 4.45. The quantitative estimate of drug-likeness (QED) is 0.696. The van der Waals surface area contributed by atoms with Crippen molar-refractivity contribution in [1.29, 1.82) is 0 Å². The Morgan fingerprint density at radius 2 is 1.90 bits per heavy atom. The van der Waals surface area contributed by atoms with Gasteiger partial charge in [-0.25, -0.2) is 0 Å². The van der Waals surface area contributed by atoms with Crippen LogP contribution in [0.4, 0.5) is 0 Å². The van der Waals surface area contributed by atoms with Gasteiger partial charge in [0.25, 0.3) is 0 Å². The molecular weight excluding hydrogens is 366 g/mol. The van der Waals surface area contributed by atoms with Crippen LogP contribution in [0, 0.1) is 0 Å². The van der Waals surface area contributed by atoms with Gasteiger partial charge in [-0.05, 0) is 40.2 Å². The molecule has 0 saturated heterocycles. The fourth-order valence-corrected chi connectivity index (χ4v) is 4.46. The maximum atomic E-state index is 4.39. The molecule has 0 amide bonds. The molecule has 1 atom stereocenters. The maximum Gasteiger partial charge on any atom is 0.157 e. The van der Waals surface area contributed by atoms with Crippen LogP contribution >= 0.6 is 38.6 Å². The number of hydrogen-bond acceptors (Lipinski definition) is 5. The molecule has 2 heterocycles. The third kappa shape index (κ3) is 3.40. The summed E-state index contributed by atoms with van der Waals surface area (Å²) in [6, 6.07) is 14.6. The lowest BCUT2D eigenvalue weighted by atomic mass is 10.1. The molecule has 0 saturated carbocycles. The van der Waals surface area contributed by atoms with E-state index in [2.05, 4.69) is 68.7 Å². The first-order chi connectivity index (χ1) is 10.3. The number of halogens is 1. The Labute approximate surface area is 140 Å². The van der Waals surface area contributed by atoms with Crippen molar-refractivity contribution in [3.8, 4) is 9.88 Å². The van der Waals surface area contributed by atoms with Crippen LogP contribution in [0.5, 0.6) is 0 Å². The Morgan fingerprint density at radius 3 is 2.57 bits per heavy atom.